The fourth-order valence-corrected chi connectivity index (χ4v) is 3.07. The molecule has 1 aliphatic heterocycles. The van der Waals surface area contributed by atoms with Gasteiger partial charge in [-0.2, -0.15) is 18.3 Å². The quantitative estimate of drug-likeness (QED) is 0.885. The zero-order valence-corrected chi connectivity index (χ0v) is 14.9. The van der Waals surface area contributed by atoms with Gasteiger partial charge in [0, 0.05) is 31.4 Å². The topological polar surface area (TPSA) is 67.2 Å². The van der Waals surface area contributed by atoms with Crippen molar-refractivity contribution in [2.75, 3.05) is 20.1 Å². The number of benzene rings is 1. The lowest BCUT2D eigenvalue weighted by Gasteiger charge is -2.23. The number of likely N-dealkylation sites (N-methyl/N-ethyl adjacent to an activating group) is 1. The highest BCUT2D eigenvalue weighted by Crippen LogP contribution is 2.30. The molecule has 0 aliphatic carbocycles. The summed E-state index contributed by atoms with van der Waals surface area (Å²) in [5, 5.41) is 7.22. The number of alkyl halides is 3. The summed E-state index contributed by atoms with van der Waals surface area (Å²) >= 11 is 0. The number of aryl methyl sites for hydroxylation is 1. The Balaban J connectivity index is 2.02. The van der Waals surface area contributed by atoms with Crippen molar-refractivity contribution in [1.82, 2.24) is 20.0 Å². The van der Waals surface area contributed by atoms with Gasteiger partial charge in [-0.15, -0.1) is 0 Å². The van der Waals surface area contributed by atoms with E-state index < -0.39 is 23.1 Å². The third kappa shape index (κ3) is 3.87. The van der Waals surface area contributed by atoms with E-state index in [-0.39, 0.29) is 17.4 Å². The Bertz CT molecular complexity index is 918. The Morgan fingerprint density at radius 2 is 2.07 bits per heavy atom. The third-order valence-electron chi connectivity index (χ3n) is 4.63. The highest BCUT2D eigenvalue weighted by Gasteiger charge is 2.31. The van der Waals surface area contributed by atoms with Crippen molar-refractivity contribution in [3.05, 3.63) is 57.5 Å². The van der Waals surface area contributed by atoms with Crippen LogP contribution in [0.2, 0.25) is 0 Å². The standard InChI is InChI=1S/C18H19F3N4O2/c1-11-8-15(26)16(17(27)24(2)14-6-7-22-10-14)23-25(11)13-5-3-4-12(9-13)18(19,20)21/h3-5,8-9,14,22H,6-7,10H2,1-2H3/t14-/m1/s1. The molecule has 2 heterocycles. The van der Waals surface area contributed by atoms with Gasteiger partial charge in [0.25, 0.3) is 5.91 Å². The van der Waals surface area contributed by atoms with Crippen molar-refractivity contribution in [2.45, 2.75) is 25.6 Å². The number of carbonyl (C=O) groups excluding carboxylic acids is 1. The molecule has 0 saturated carbocycles. The molecule has 1 aromatic carbocycles. The van der Waals surface area contributed by atoms with Crippen LogP contribution in [0.1, 0.15) is 28.2 Å². The Hall–Kier alpha value is -2.68. The van der Waals surface area contributed by atoms with Gasteiger partial charge in [0.05, 0.1) is 11.3 Å². The molecular weight excluding hydrogens is 361 g/mol. The Morgan fingerprint density at radius 1 is 1.33 bits per heavy atom. The summed E-state index contributed by atoms with van der Waals surface area (Å²) in [4.78, 5) is 26.5. The van der Waals surface area contributed by atoms with E-state index in [0.29, 0.717) is 12.2 Å². The number of amides is 1. The van der Waals surface area contributed by atoms with Crippen LogP contribution in [-0.2, 0) is 6.18 Å². The first kappa shape index (κ1) is 19.1. The maximum atomic E-state index is 13.0. The van der Waals surface area contributed by atoms with Crippen molar-refractivity contribution >= 4 is 5.91 Å². The summed E-state index contributed by atoms with van der Waals surface area (Å²) in [6.45, 7) is 2.95. The van der Waals surface area contributed by atoms with Gasteiger partial charge in [-0.05, 0) is 38.1 Å². The van der Waals surface area contributed by atoms with Gasteiger partial charge in [-0.3, -0.25) is 9.59 Å². The number of aromatic nitrogens is 2. The van der Waals surface area contributed by atoms with Crippen LogP contribution >= 0.6 is 0 Å². The van der Waals surface area contributed by atoms with Crippen LogP contribution < -0.4 is 10.7 Å². The van der Waals surface area contributed by atoms with Crippen LogP contribution in [0.15, 0.2) is 35.1 Å². The second-order valence-corrected chi connectivity index (χ2v) is 6.52. The number of halogens is 3. The predicted octanol–water partition coefficient (Wildman–Crippen LogP) is 1.99. The van der Waals surface area contributed by atoms with E-state index in [1.54, 1.807) is 14.0 Å². The number of rotatable bonds is 3. The van der Waals surface area contributed by atoms with Crippen molar-refractivity contribution in [1.29, 1.82) is 0 Å². The Morgan fingerprint density at radius 3 is 2.70 bits per heavy atom. The van der Waals surface area contributed by atoms with Crippen molar-refractivity contribution in [2.24, 2.45) is 0 Å². The molecule has 1 atom stereocenters. The van der Waals surface area contributed by atoms with E-state index >= 15 is 0 Å². The average Bonchev–Trinajstić information content (AvgIpc) is 3.14. The summed E-state index contributed by atoms with van der Waals surface area (Å²) in [5.74, 6) is -0.547. The van der Waals surface area contributed by atoms with Gasteiger partial charge in [0.1, 0.15) is 0 Å². The molecule has 144 valence electrons. The number of nitrogens with zero attached hydrogens (tertiary/aromatic N) is 3. The fraction of sp³-hybridized carbons (Fsp3) is 0.389. The largest absolute Gasteiger partial charge is 0.416 e. The lowest BCUT2D eigenvalue weighted by atomic mass is 10.2. The van der Waals surface area contributed by atoms with Gasteiger partial charge in [-0.1, -0.05) is 6.07 Å². The minimum Gasteiger partial charge on any atom is -0.336 e. The molecule has 0 radical (unpaired) electrons. The molecule has 0 spiro atoms. The van der Waals surface area contributed by atoms with Crippen LogP contribution in [0, 0.1) is 6.92 Å². The summed E-state index contributed by atoms with van der Waals surface area (Å²) in [5.41, 5.74) is -1.24. The number of hydrogen-bond donors (Lipinski definition) is 1. The predicted molar refractivity (Wildman–Crippen MR) is 92.9 cm³/mol. The molecule has 27 heavy (non-hydrogen) atoms. The molecule has 0 unspecified atom stereocenters. The van der Waals surface area contributed by atoms with Crippen molar-refractivity contribution in [3.8, 4) is 5.69 Å². The van der Waals surface area contributed by atoms with Crippen molar-refractivity contribution < 1.29 is 18.0 Å². The van der Waals surface area contributed by atoms with Crippen LogP contribution in [0.3, 0.4) is 0 Å². The summed E-state index contributed by atoms with van der Waals surface area (Å²) in [7, 11) is 1.59. The van der Waals surface area contributed by atoms with Gasteiger partial charge in [-0.25, -0.2) is 4.68 Å². The lowest BCUT2D eigenvalue weighted by Crippen LogP contribution is -2.41. The highest BCUT2D eigenvalue weighted by atomic mass is 19.4. The van der Waals surface area contributed by atoms with Crippen LogP contribution in [0.25, 0.3) is 5.69 Å². The van der Waals surface area contributed by atoms with Crippen LogP contribution in [-0.4, -0.2) is 46.8 Å². The van der Waals surface area contributed by atoms with Gasteiger partial charge in [0.2, 0.25) is 5.43 Å². The van der Waals surface area contributed by atoms with E-state index in [1.807, 2.05) is 0 Å². The zero-order chi connectivity index (χ0) is 19.8. The zero-order valence-electron chi connectivity index (χ0n) is 14.9. The van der Waals surface area contributed by atoms with E-state index in [0.717, 1.165) is 25.1 Å². The first-order valence-electron chi connectivity index (χ1n) is 8.45. The second kappa shape index (κ2) is 7.15. The molecular formula is C18H19F3N4O2. The lowest BCUT2D eigenvalue weighted by molar-refractivity contribution is -0.137. The van der Waals surface area contributed by atoms with E-state index in [4.69, 9.17) is 0 Å². The molecule has 3 rings (SSSR count). The van der Waals surface area contributed by atoms with Crippen molar-refractivity contribution in [3.63, 3.8) is 0 Å². The number of carbonyl (C=O) groups is 1. The first-order chi connectivity index (χ1) is 12.7. The van der Waals surface area contributed by atoms with Gasteiger partial charge < -0.3 is 10.2 Å². The summed E-state index contributed by atoms with van der Waals surface area (Å²) in [6, 6.07) is 5.74. The highest BCUT2D eigenvalue weighted by molar-refractivity contribution is 5.92. The van der Waals surface area contributed by atoms with E-state index in [9.17, 15) is 22.8 Å². The van der Waals surface area contributed by atoms with Crippen LogP contribution in [0.5, 0.6) is 0 Å². The molecule has 6 nitrogen and oxygen atoms in total. The molecule has 1 amide bonds. The van der Waals surface area contributed by atoms with Gasteiger partial charge >= 0.3 is 6.18 Å². The van der Waals surface area contributed by atoms with Crippen LogP contribution in [0.4, 0.5) is 13.2 Å². The fourth-order valence-electron chi connectivity index (χ4n) is 3.07. The second-order valence-electron chi connectivity index (χ2n) is 6.52. The number of nitrogens with one attached hydrogen (secondary N) is 1. The molecule has 9 heteroatoms. The monoisotopic (exact) mass is 380 g/mol. The molecule has 1 N–H and O–H groups in total. The third-order valence-corrected chi connectivity index (χ3v) is 4.63. The Kier molecular flexibility index (Phi) is 5.05. The maximum absolute atomic E-state index is 13.0. The van der Waals surface area contributed by atoms with E-state index in [2.05, 4.69) is 10.4 Å². The molecule has 0 bridgehead atoms. The molecule has 1 aromatic heterocycles. The summed E-state index contributed by atoms with van der Waals surface area (Å²) < 4.78 is 40.1. The average molecular weight is 380 g/mol. The SMILES string of the molecule is Cc1cc(=O)c(C(=O)N(C)[C@@H]2CCNC2)nn1-c1cccc(C(F)(F)F)c1. The molecule has 1 saturated heterocycles. The molecule has 2 aromatic rings. The maximum Gasteiger partial charge on any atom is 0.416 e. The first-order valence-corrected chi connectivity index (χ1v) is 8.45. The smallest absolute Gasteiger partial charge is 0.336 e. The van der Waals surface area contributed by atoms with E-state index in [1.165, 1.54) is 27.8 Å². The van der Waals surface area contributed by atoms with Gasteiger partial charge in [0.15, 0.2) is 5.69 Å². The minimum atomic E-state index is -4.50. The molecule has 1 aliphatic rings. The normalized spacial score (nSPS) is 17.1. The molecule has 1 fully saturated rings. The number of hydrogen-bond acceptors (Lipinski definition) is 4. The Labute approximate surface area is 153 Å². The summed E-state index contributed by atoms with van der Waals surface area (Å²) in [6.07, 6.45) is -3.74. The minimum absolute atomic E-state index is 0.0537.